The molecule has 7 heteroatoms. The highest BCUT2D eigenvalue weighted by Gasteiger charge is 2.20. The van der Waals surface area contributed by atoms with E-state index in [2.05, 4.69) is 27.4 Å². The van der Waals surface area contributed by atoms with Crippen LogP contribution in [0.25, 0.3) is 11.0 Å². The van der Waals surface area contributed by atoms with Crippen molar-refractivity contribution in [3.63, 3.8) is 0 Å². The molecule has 3 heterocycles. The molecule has 1 amide bonds. The number of pyridine rings is 1. The Hall–Kier alpha value is -2.93. The number of anilines is 2. The molecule has 164 valence electrons. The fraction of sp³-hybridized carbons (Fsp3) is 0.417. The molecule has 1 aliphatic rings. The first-order valence-corrected chi connectivity index (χ1v) is 11.1. The van der Waals surface area contributed by atoms with E-state index in [4.69, 9.17) is 4.42 Å². The number of nitrogens with zero attached hydrogens (tertiary/aromatic N) is 2. The zero-order valence-corrected chi connectivity index (χ0v) is 17.9. The van der Waals surface area contributed by atoms with Gasteiger partial charge in [-0.05, 0) is 62.6 Å². The Bertz CT molecular complexity index is 1020. The lowest BCUT2D eigenvalue weighted by Gasteiger charge is -2.35. The van der Waals surface area contributed by atoms with Crippen LogP contribution in [0.1, 0.15) is 49.5 Å². The van der Waals surface area contributed by atoms with Crippen LogP contribution in [-0.4, -0.2) is 41.5 Å². The molecule has 0 bridgehead atoms. The third-order valence-corrected chi connectivity index (χ3v) is 5.92. The van der Waals surface area contributed by atoms with Crippen LogP contribution in [0.5, 0.6) is 0 Å². The van der Waals surface area contributed by atoms with Gasteiger partial charge in [-0.25, -0.2) is 9.37 Å². The predicted molar refractivity (Wildman–Crippen MR) is 120 cm³/mol. The topological polar surface area (TPSA) is 70.4 Å². The highest BCUT2D eigenvalue weighted by molar-refractivity contribution is 5.99. The first-order valence-electron chi connectivity index (χ1n) is 11.1. The summed E-state index contributed by atoms with van der Waals surface area (Å²) in [7, 11) is 0. The molecule has 3 aromatic rings. The lowest BCUT2D eigenvalue weighted by molar-refractivity contribution is 0.0942. The van der Waals surface area contributed by atoms with Gasteiger partial charge in [0.25, 0.3) is 5.91 Å². The monoisotopic (exact) mass is 424 g/mol. The minimum Gasteiger partial charge on any atom is -0.464 e. The van der Waals surface area contributed by atoms with E-state index in [0.29, 0.717) is 29.7 Å². The Kier molecular flexibility index (Phi) is 6.82. The maximum absolute atomic E-state index is 13.2. The Morgan fingerprint density at radius 2 is 2.10 bits per heavy atom. The van der Waals surface area contributed by atoms with Gasteiger partial charge in [-0.2, -0.15) is 0 Å². The highest BCUT2D eigenvalue weighted by Crippen LogP contribution is 2.27. The van der Waals surface area contributed by atoms with E-state index in [1.165, 1.54) is 37.8 Å². The molecule has 4 rings (SSSR count). The number of halogens is 1. The lowest BCUT2D eigenvalue weighted by Crippen LogP contribution is -2.40. The van der Waals surface area contributed by atoms with Gasteiger partial charge < -0.3 is 20.0 Å². The quantitative estimate of drug-likeness (QED) is 0.493. The molecule has 0 radical (unpaired) electrons. The normalized spacial score (nSPS) is 17.0. The first-order chi connectivity index (χ1) is 15.1. The number of nitrogens with one attached hydrogen (secondary N) is 2. The maximum Gasteiger partial charge on any atom is 0.270 e. The van der Waals surface area contributed by atoms with E-state index in [1.807, 2.05) is 0 Å². The van der Waals surface area contributed by atoms with Gasteiger partial charge >= 0.3 is 0 Å². The standard InChI is InChI=1S/C24H29FN4O2/c1-2-19-6-3-4-13-29(19)14-5-12-26-24(30)21-16-22-20(11-15-31-22)23(28-21)27-18-9-7-17(25)8-10-18/h7-11,15-16,19H,2-6,12-14H2,1H3,(H,26,30)(H,27,28)/t19-/m1/s1. The zero-order valence-electron chi connectivity index (χ0n) is 17.9. The molecular weight excluding hydrogens is 395 g/mol. The van der Waals surface area contributed by atoms with Gasteiger partial charge in [-0.3, -0.25) is 4.79 Å². The molecule has 1 aliphatic heterocycles. The Morgan fingerprint density at radius 3 is 2.90 bits per heavy atom. The van der Waals surface area contributed by atoms with Crippen molar-refractivity contribution in [1.29, 1.82) is 0 Å². The molecule has 0 unspecified atom stereocenters. The molecule has 1 atom stereocenters. The van der Waals surface area contributed by atoms with Crippen molar-refractivity contribution >= 4 is 28.4 Å². The number of carbonyl (C=O) groups excluding carboxylic acids is 1. The molecule has 0 aliphatic carbocycles. The zero-order chi connectivity index (χ0) is 21.6. The summed E-state index contributed by atoms with van der Waals surface area (Å²) < 4.78 is 18.7. The summed E-state index contributed by atoms with van der Waals surface area (Å²) in [5.74, 6) is -0.0387. The summed E-state index contributed by atoms with van der Waals surface area (Å²) in [5, 5.41) is 6.89. The van der Waals surface area contributed by atoms with Crippen LogP contribution in [0.4, 0.5) is 15.9 Å². The number of carbonyl (C=O) groups is 1. The number of benzene rings is 1. The van der Waals surface area contributed by atoms with Crippen molar-refractivity contribution in [2.45, 2.75) is 45.1 Å². The van der Waals surface area contributed by atoms with Crippen molar-refractivity contribution < 1.29 is 13.6 Å². The first kappa shape index (κ1) is 21.3. The van der Waals surface area contributed by atoms with Gasteiger partial charge in [0.2, 0.25) is 0 Å². The summed E-state index contributed by atoms with van der Waals surface area (Å²) in [6.45, 7) is 5.01. The maximum atomic E-state index is 13.2. The summed E-state index contributed by atoms with van der Waals surface area (Å²) in [6.07, 6.45) is 7.52. The third-order valence-electron chi connectivity index (χ3n) is 5.92. The van der Waals surface area contributed by atoms with Crippen LogP contribution in [-0.2, 0) is 0 Å². The van der Waals surface area contributed by atoms with Crippen LogP contribution in [0, 0.1) is 5.82 Å². The average molecular weight is 425 g/mol. The fourth-order valence-corrected chi connectivity index (χ4v) is 4.24. The van der Waals surface area contributed by atoms with Crippen LogP contribution < -0.4 is 10.6 Å². The third kappa shape index (κ3) is 5.22. The smallest absolute Gasteiger partial charge is 0.270 e. The second-order valence-corrected chi connectivity index (χ2v) is 8.02. The number of hydrogen-bond donors (Lipinski definition) is 2. The number of amides is 1. The number of furan rings is 1. The Morgan fingerprint density at radius 1 is 1.26 bits per heavy atom. The molecule has 1 aromatic carbocycles. The highest BCUT2D eigenvalue weighted by atomic mass is 19.1. The SMILES string of the molecule is CC[C@@H]1CCCCN1CCCNC(=O)c1cc2occc2c(Nc2ccc(F)cc2)n1. The summed E-state index contributed by atoms with van der Waals surface area (Å²) in [6, 6.07) is 10.1. The van der Waals surface area contributed by atoms with Crippen molar-refractivity contribution in [2.75, 3.05) is 25.0 Å². The van der Waals surface area contributed by atoms with Crippen LogP contribution in [0.2, 0.25) is 0 Å². The van der Waals surface area contributed by atoms with Crippen molar-refractivity contribution in [3.05, 3.63) is 54.2 Å². The average Bonchev–Trinajstić information content (AvgIpc) is 3.27. The molecule has 0 saturated carbocycles. The molecule has 2 aromatic heterocycles. The van der Waals surface area contributed by atoms with Crippen molar-refractivity contribution in [2.24, 2.45) is 0 Å². The van der Waals surface area contributed by atoms with Gasteiger partial charge in [0.15, 0.2) is 0 Å². The number of rotatable bonds is 8. The Balaban J connectivity index is 1.39. The van der Waals surface area contributed by atoms with Gasteiger partial charge in [-0.1, -0.05) is 13.3 Å². The van der Waals surface area contributed by atoms with Gasteiger partial charge in [-0.15, -0.1) is 0 Å². The van der Waals surface area contributed by atoms with E-state index < -0.39 is 0 Å². The van der Waals surface area contributed by atoms with Crippen molar-refractivity contribution in [3.8, 4) is 0 Å². The van der Waals surface area contributed by atoms with Crippen LogP contribution in [0.3, 0.4) is 0 Å². The van der Waals surface area contributed by atoms with Gasteiger partial charge in [0.05, 0.1) is 11.6 Å². The number of hydrogen-bond acceptors (Lipinski definition) is 5. The van der Waals surface area contributed by atoms with Crippen LogP contribution in [0.15, 0.2) is 47.1 Å². The fourth-order valence-electron chi connectivity index (χ4n) is 4.24. The predicted octanol–water partition coefficient (Wildman–Crippen LogP) is 5.09. The minimum atomic E-state index is -0.310. The van der Waals surface area contributed by atoms with E-state index in [9.17, 15) is 9.18 Å². The molecule has 6 nitrogen and oxygen atoms in total. The molecular formula is C24H29FN4O2. The number of likely N-dealkylation sites (tertiary alicyclic amines) is 1. The van der Waals surface area contributed by atoms with E-state index in [1.54, 1.807) is 30.5 Å². The number of piperidine rings is 1. The molecule has 1 fully saturated rings. The molecule has 1 saturated heterocycles. The Labute approximate surface area is 181 Å². The van der Waals surface area contributed by atoms with E-state index in [-0.39, 0.29) is 17.4 Å². The molecule has 0 spiro atoms. The second-order valence-electron chi connectivity index (χ2n) is 8.02. The molecule has 31 heavy (non-hydrogen) atoms. The largest absolute Gasteiger partial charge is 0.464 e. The van der Waals surface area contributed by atoms with Crippen LogP contribution >= 0.6 is 0 Å². The number of fused-ring (bicyclic) bond motifs is 1. The van der Waals surface area contributed by atoms with Crippen molar-refractivity contribution in [1.82, 2.24) is 15.2 Å². The van der Waals surface area contributed by atoms with E-state index in [0.717, 1.165) is 24.9 Å². The number of aromatic nitrogens is 1. The summed E-state index contributed by atoms with van der Waals surface area (Å²) >= 11 is 0. The lowest BCUT2D eigenvalue weighted by atomic mass is 10.00. The summed E-state index contributed by atoms with van der Waals surface area (Å²) in [5.41, 5.74) is 1.54. The van der Waals surface area contributed by atoms with Gasteiger partial charge in [0.1, 0.15) is 22.9 Å². The van der Waals surface area contributed by atoms with E-state index >= 15 is 0 Å². The van der Waals surface area contributed by atoms with Gasteiger partial charge in [0, 0.05) is 30.9 Å². The molecule has 2 N–H and O–H groups in total. The second kappa shape index (κ2) is 9.92. The minimum absolute atomic E-state index is 0.230. The summed E-state index contributed by atoms with van der Waals surface area (Å²) in [4.78, 5) is 19.8.